The summed E-state index contributed by atoms with van der Waals surface area (Å²) in [5, 5.41) is 1.99. The normalized spacial score (nSPS) is 16.1. The van der Waals surface area contributed by atoms with Crippen molar-refractivity contribution in [1.82, 2.24) is 4.98 Å². The Balaban J connectivity index is 1.95. The van der Waals surface area contributed by atoms with Gasteiger partial charge in [0.1, 0.15) is 0 Å². The van der Waals surface area contributed by atoms with Crippen LogP contribution >= 0.6 is 11.3 Å². The van der Waals surface area contributed by atoms with Crippen LogP contribution in [0.2, 0.25) is 0 Å². The molecule has 2 N–H and O–H groups in total. The quantitative estimate of drug-likeness (QED) is 0.863. The Labute approximate surface area is 97.9 Å². The summed E-state index contributed by atoms with van der Waals surface area (Å²) in [7, 11) is 0. The molecule has 0 saturated heterocycles. The van der Waals surface area contributed by atoms with Crippen LogP contribution in [0.1, 0.15) is 28.4 Å². The molecule has 3 nitrogen and oxygen atoms in total. The average Bonchev–Trinajstić information content (AvgIpc) is 2.98. The molecule has 0 fully saturated rings. The molecule has 1 aliphatic rings. The highest BCUT2D eigenvalue weighted by atomic mass is 32.1. The average molecular weight is 232 g/mol. The first-order valence-electron chi connectivity index (χ1n) is 5.18. The van der Waals surface area contributed by atoms with Gasteiger partial charge >= 0.3 is 0 Å². The van der Waals surface area contributed by atoms with Gasteiger partial charge < -0.3 is 10.5 Å². The molecule has 2 heterocycles. The molecule has 1 unspecified atom stereocenters. The van der Waals surface area contributed by atoms with E-state index in [4.69, 9.17) is 10.5 Å². The lowest BCUT2D eigenvalue weighted by Crippen LogP contribution is -2.12. The first-order chi connectivity index (χ1) is 7.84. The van der Waals surface area contributed by atoms with Gasteiger partial charge in [-0.15, -0.1) is 11.3 Å². The van der Waals surface area contributed by atoms with E-state index < -0.39 is 0 Å². The van der Waals surface area contributed by atoms with Gasteiger partial charge in [-0.2, -0.15) is 0 Å². The molecule has 1 aromatic carbocycles. The topological polar surface area (TPSA) is 48.1 Å². The Bertz CT molecular complexity index is 496. The zero-order valence-corrected chi connectivity index (χ0v) is 9.54. The molecule has 0 bridgehead atoms. The van der Waals surface area contributed by atoms with Crippen LogP contribution in [0.5, 0.6) is 0 Å². The van der Waals surface area contributed by atoms with Crippen LogP contribution in [0.3, 0.4) is 0 Å². The Morgan fingerprint density at radius 2 is 2.19 bits per heavy atom. The summed E-state index contributed by atoms with van der Waals surface area (Å²) in [6.45, 7) is 1.43. The largest absolute Gasteiger partial charge is 0.372 e. The van der Waals surface area contributed by atoms with Gasteiger partial charge in [0.15, 0.2) is 0 Å². The summed E-state index contributed by atoms with van der Waals surface area (Å²) >= 11 is 1.57. The smallest absolute Gasteiger partial charge is 0.0795 e. The minimum atomic E-state index is -0.128. The second kappa shape index (κ2) is 3.97. The molecule has 0 spiro atoms. The summed E-state index contributed by atoms with van der Waals surface area (Å²) in [5.74, 6) is 0. The molecule has 1 aliphatic heterocycles. The second-order valence-electron chi connectivity index (χ2n) is 3.91. The predicted molar refractivity (Wildman–Crippen MR) is 63.1 cm³/mol. The minimum absolute atomic E-state index is 0.128. The van der Waals surface area contributed by atoms with Crippen molar-refractivity contribution in [3.8, 4) is 0 Å². The number of rotatable bonds is 2. The summed E-state index contributed by atoms with van der Waals surface area (Å²) in [5.41, 5.74) is 12.5. The van der Waals surface area contributed by atoms with Gasteiger partial charge in [0.05, 0.1) is 30.5 Å². The Morgan fingerprint density at radius 1 is 1.31 bits per heavy atom. The van der Waals surface area contributed by atoms with Gasteiger partial charge in [0, 0.05) is 5.38 Å². The lowest BCUT2D eigenvalue weighted by molar-refractivity contribution is 0.134. The van der Waals surface area contributed by atoms with Gasteiger partial charge in [0.2, 0.25) is 0 Å². The zero-order valence-electron chi connectivity index (χ0n) is 8.72. The Kier molecular flexibility index (Phi) is 2.47. The van der Waals surface area contributed by atoms with Crippen LogP contribution in [0.15, 0.2) is 29.1 Å². The maximum absolute atomic E-state index is 6.16. The van der Waals surface area contributed by atoms with Gasteiger partial charge in [-0.1, -0.05) is 18.2 Å². The molecule has 1 atom stereocenters. The van der Waals surface area contributed by atoms with Crippen LogP contribution in [-0.2, 0) is 18.0 Å². The van der Waals surface area contributed by atoms with E-state index in [-0.39, 0.29) is 6.04 Å². The third kappa shape index (κ3) is 1.65. The molecule has 0 saturated carbocycles. The number of hydrogen-bond donors (Lipinski definition) is 1. The van der Waals surface area contributed by atoms with Crippen LogP contribution in [0, 0.1) is 0 Å². The van der Waals surface area contributed by atoms with Crippen molar-refractivity contribution in [3.05, 3.63) is 51.5 Å². The van der Waals surface area contributed by atoms with Crippen molar-refractivity contribution in [2.45, 2.75) is 19.3 Å². The first-order valence-corrected chi connectivity index (χ1v) is 6.12. The molecule has 0 radical (unpaired) electrons. The molecule has 0 amide bonds. The monoisotopic (exact) mass is 232 g/mol. The molecule has 3 rings (SSSR count). The molecule has 0 aliphatic carbocycles. The fraction of sp³-hybridized carbons (Fsp3) is 0.250. The molecular formula is C12H12N2OS. The molecule has 1 aromatic heterocycles. The highest BCUT2D eigenvalue weighted by Gasteiger charge is 2.15. The van der Waals surface area contributed by atoms with Crippen molar-refractivity contribution < 1.29 is 4.74 Å². The number of hydrogen-bond acceptors (Lipinski definition) is 4. The molecular weight excluding hydrogens is 220 g/mol. The van der Waals surface area contributed by atoms with Crippen molar-refractivity contribution in [2.24, 2.45) is 5.73 Å². The van der Waals surface area contributed by atoms with E-state index in [1.807, 2.05) is 10.9 Å². The van der Waals surface area contributed by atoms with E-state index in [2.05, 4.69) is 23.2 Å². The minimum Gasteiger partial charge on any atom is -0.372 e. The fourth-order valence-corrected chi connectivity index (χ4v) is 2.52. The number of benzene rings is 1. The number of nitrogens with zero attached hydrogens (tertiary/aromatic N) is 1. The number of thiazole rings is 1. The maximum Gasteiger partial charge on any atom is 0.0795 e. The van der Waals surface area contributed by atoms with Gasteiger partial charge in [-0.05, 0) is 16.7 Å². The lowest BCUT2D eigenvalue weighted by atomic mass is 10.0. The second-order valence-corrected chi connectivity index (χ2v) is 4.63. The van der Waals surface area contributed by atoms with E-state index in [0.29, 0.717) is 6.61 Å². The van der Waals surface area contributed by atoms with E-state index in [0.717, 1.165) is 17.9 Å². The van der Waals surface area contributed by atoms with E-state index in [1.54, 1.807) is 11.3 Å². The fourth-order valence-electron chi connectivity index (χ4n) is 1.93. The van der Waals surface area contributed by atoms with Crippen LogP contribution in [0.25, 0.3) is 0 Å². The summed E-state index contributed by atoms with van der Waals surface area (Å²) < 4.78 is 5.39. The Hall–Kier alpha value is -1.23. The van der Waals surface area contributed by atoms with Gasteiger partial charge in [0.25, 0.3) is 0 Å². The number of nitrogens with two attached hydrogens (primary N) is 1. The van der Waals surface area contributed by atoms with Crippen LogP contribution in [0.4, 0.5) is 0 Å². The van der Waals surface area contributed by atoms with E-state index >= 15 is 0 Å². The summed E-state index contributed by atoms with van der Waals surface area (Å²) in [4.78, 5) is 4.25. The highest BCUT2D eigenvalue weighted by molar-refractivity contribution is 7.07. The SMILES string of the molecule is NC(c1ccc2c(c1)COC2)c1cscn1. The number of aromatic nitrogens is 1. The van der Waals surface area contributed by atoms with Crippen molar-refractivity contribution in [1.29, 1.82) is 0 Å². The highest BCUT2D eigenvalue weighted by Crippen LogP contribution is 2.25. The molecule has 4 heteroatoms. The third-order valence-electron chi connectivity index (χ3n) is 2.87. The lowest BCUT2D eigenvalue weighted by Gasteiger charge is -2.10. The Morgan fingerprint density at radius 3 is 3.00 bits per heavy atom. The van der Waals surface area contributed by atoms with Crippen LogP contribution in [-0.4, -0.2) is 4.98 Å². The maximum atomic E-state index is 6.16. The number of ether oxygens (including phenoxy) is 1. The van der Waals surface area contributed by atoms with Crippen LogP contribution < -0.4 is 5.73 Å². The van der Waals surface area contributed by atoms with Crippen molar-refractivity contribution >= 4 is 11.3 Å². The first kappa shape index (κ1) is 9.96. The zero-order chi connectivity index (χ0) is 11.0. The van der Waals surface area contributed by atoms with Crippen molar-refractivity contribution in [3.63, 3.8) is 0 Å². The summed E-state index contributed by atoms with van der Waals surface area (Å²) in [6.07, 6.45) is 0. The molecule has 2 aromatic rings. The standard InChI is InChI=1S/C12H12N2OS/c13-12(11-6-16-7-14-11)8-1-2-9-4-15-5-10(9)3-8/h1-3,6-7,12H,4-5,13H2. The summed E-state index contributed by atoms with van der Waals surface area (Å²) in [6, 6.07) is 6.17. The predicted octanol–water partition coefficient (Wildman–Crippen LogP) is 2.22. The van der Waals surface area contributed by atoms with Gasteiger partial charge in [-0.3, -0.25) is 0 Å². The molecule has 16 heavy (non-hydrogen) atoms. The van der Waals surface area contributed by atoms with Gasteiger partial charge in [-0.25, -0.2) is 4.98 Å². The molecule has 82 valence electrons. The van der Waals surface area contributed by atoms with Crippen molar-refractivity contribution in [2.75, 3.05) is 0 Å². The van der Waals surface area contributed by atoms with E-state index in [9.17, 15) is 0 Å². The number of fused-ring (bicyclic) bond motifs is 1. The van der Waals surface area contributed by atoms with E-state index in [1.165, 1.54) is 11.1 Å². The third-order valence-corrected chi connectivity index (χ3v) is 3.48.